The third-order valence-electron chi connectivity index (χ3n) is 2.55. The first-order valence-electron chi connectivity index (χ1n) is 7.05. The number of pyridine rings is 1. The molecule has 1 aromatic rings. The zero-order valence-corrected chi connectivity index (χ0v) is 13.7. The van der Waals surface area contributed by atoms with E-state index in [4.69, 9.17) is 9.47 Å². The van der Waals surface area contributed by atoms with Gasteiger partial charge in [0.2, 0.25) is 5.88 Å². The van der Waals surface area contributed by atoms with Gasteiger partial charge in [0, 0.05) is 18.2 Å². The number of nitrogens with zero attached hydrogens (tertiary/aromatic N) is 2. The molecule has 0 aromatic carbocycles. The fourth-order valence-corrected chi connectivity index (χ4v) is 1.63. The standard InChI is InChI=1S/C15H21N3O5/c1-15(2,3)23-14(19)16-8-6-5-7-11-9-12(18(20)21)10-17-13(11)22-4/h5,7,9-10H,6,8H2,1-4H3,(H,16,19). The topological polar surface area (TPSA) is 104 Å². The summed E-state index contributed by atoms with van der Waals surface area (Å²) >= 11 is 0. The van der Waals surface area contributed by atoms with Crippen molar-refractivity contribution < 1.29 is 19.2 Å². The molecule has 0 unspecified atom stereocenters. The van der Waals surface area contributed by atoms with Crippen molar-refractivity contribution in [2.24, 2.45) is 0 Å². The van der Waals surface area contributed by atoms with E-state index in [2.05, 4.69) is 10.3 Å². The van der Waals surface area contributed by atoms with E-state index in [1.165, 1.54) is 13.2 Å². The number of methoxy groups -OCH3 is 1. The number of nitrogens with one attached hydrogen (secondary N) is 1. The molecule has 0 radical (unpaired) electrons. The summed E-state index contributed by atoms with van der Waals surface area (Å²) in [5, 5.41) is 13.4. The number of rotatable bonds is 6. The van der Waals surface area contributed by atoms with Crippen LogP contribution in [0.25, 0.3) is 6.08 Å². The minimum absolute atomic E-state index is 0.114. The van der Waals surface area contributed by atoms with Gasteiger partial charge in [-0.15, -0.1) is 0 Å². The molecule has 1 amide bonds. The number of carbonyl (C=O) groups is 1. The summed E-state index contributed by atoms with van der Waals surface area (Å²) in [6, 6.07) is 1.38. The van der Waals surface area contributed by atoms with Crippen LogP contribution in [0.15, 0.2) is 18.3 Å². The highest BCUT2D eigenvalue weighted by Crippen LogP contribution is 2.22. The number of aromatic nitrogens is 1. The summed E-state index contributed by atoms with van der Waals surface area (Å²) in [5.74, 6) is 0.298. The lowest BCUT2D eigenvalue weighted by Gasteiger charge is -2.19. The Morgan fingerprint density at radius 3 is 2.74 bits per heavy atom. The molecule has 0 saturated carbocycles. The Labute approximate surface area is 134 Å². The zero-order chi connectivity index (χ0) is 17.5. The number of amides is 1. The van der Waals surface area contributed by atoms with Crippen LogP contribution in [0.3, 0.4) is 0 Å². The van der Waals surface area contributed by atoms with E-state index in [1.54, 1.807) is 32.9 Å². The monoisotopic (exact) mass is 323 g/mol. The van der Waals surface area contributed by atoms with Crippen LogP contribution in [0, 0.1) is 10.1 Å². The van der Waals surface area contributed by atoms with Crippen molar-refractivity contribution in [1.82, 2.24) is 10.3 Å². The molecule has 1 heterocycles. The highest BCUT2D eigenvalue weighted by molar-refractivity contribution is 5.67. The largest absolute Gasteiger partial charge is 0.481 e. The second kappa shape index (κ2) is 8.11. The summed E-state index contributed by atoms with van der Waals surface area (Å²) in [7, 11) is 1.44. The van der Waals surface area contributed by atoms with Crippen molar-refractivity contribution in [3.63, 3.8) is 0 Å². The molecular weight excluding hydrogens is 302 g/mol. The molecule has 0 spiro atoms. The first-order chi connectivity index (χ1) is 10.7. The van der Waals surface area contributed by atoms with Crippen LogP contribution < -0.4 is 10.1 Å². The van der Waals surface area contributed by atoms with Crippen LogP contribution in [-0.2, 0) is 4.74 Å². The maximum absolute atomic E-state index is 11.4. The number of alkyl carbamates (subject to hydrolysis) is 1. The van der Waals surface area contributed by atoms with E-state index in [1.807, 2.05) is 0 Å². The van der Waals surface area contributed by atoms with Gasteiger partial charge in [0.1, 0.15) is 11.8 Å². The van der Waals surface area contributed by atoms with E-state index in [0.717, 1.165) is 6.20 Å². The Morgan fingerprint density at radius 2 is 2.17 bits per heavy atom. The lowest BCUT2D eigenvalue weighted by atomic mass is 10.2. The molecule has 0 aliphatic rings. The van der Waals surface area contributed by atoms with Crippen molar-refractivity contribution in [2.75, 3.05) is 13.7 Å². The van der Waals surface area contributed by atoms with Gasteiger partial charge in [-0.25, -0.2) is 9.78 Å². The van der Waals surface area contributed by atoms with Gasteiger partial charge in [0.25, 0.3) is 5.69 Å². The molecule has 0 bridgehead atoms. The first kappa shape index (κ1) is 18.4. The molecule has 8 heteroatoms. The summed E-state index contributed by atoms with van der Waals surface area (Å²) in [6.45, 7) is 5.74. The molecule has 0 atom stereocenters. The zero-order valence-electron chi connectivity index (χ0n) is 13.7. The van der Waals surface area contributed by atoms with Crippen LogP contribution in [-0.4, -0.2) is 35.3 Å². The Balaban J connectivity index is 2.56. The molecule has 1 rings (SSSR count). The summed E-state index contributed by atoms with van der Waals surface area (Å²) in [6.07, 6.45) is 4.61. The maximum Gasteiger partial charge on any atom is 0.407 e. The van der Waals surface area contributed by atoms with Crippen LogP contribution >= 0.6 is 0 Å². The van der Waals surface area contributed by atoms with Gasteiger partial charge >= 0.3 is 6.09 Å². The maximum atomic E-state index is 11.4. The van der Waals surface area contributed by atoms with Crippen molar-refractivity contribution in [3.05, 3.63) is 34.0 Å². The average molecular weight is 323 g/mol. The van der Waals surface area contributed by atoms with Gasteiger partial charge in [0.05, 0.1) is 12.0 Å². The molecule has 1 aromatic heterocycles. The molecule has 0 fully saturated rings. The van der Waals surface area contributed by atoms with Crippen LogP contribution in [0.2, 0.25) is 0 Å². The minimum Gasteiger partial charge on any atom is -0.481 e. The summed E-state index contributed by atoms with van der Waals surface area (Å²) in [4.78, 5) is 25.6. The molecule has 0 aliphatic carbocycles. The van der Waals surface area contributed by atoms with Gasteiger partial charge in [-0.3, -0.25) is 10.1 Å². The number of ether oxygens (including phenoxy) is 2. The van der Waals surface area contributed by atoms with E-state index < -0.39 is 16.6 Å². The predicted octanol–water partition coefficient (Wildman–Crippen LogP) is 2.93. The second-order valence-electron chi connectivity index (χ2n) is 5.67. The molecule has 0 aliphatic heterocycles. The predicted molar refractivity (Wildman–Crippen MR) is 85.3 cm³/mol. The SMILES string of the molecule is COc1ncc([N+](=O)[O-])cc1C=CCCNC(=O)OC(C)(C)C. The van der Waals surface area contributed by atoms with Crippen LogP contribution in [0.5, 0.6) is 5.88 Å². The Hall–Kier alpha value is -2.64. The molecule has 0 saturated heterocycles. The van der Waals surface area contributed by atoms with Crippen molar-refractivity contribution in [1.29, 1.82) is 0 Å². The lowest BCUT2D eigenvalue weighted by molar-refractivity contribution is -0.385. The van der Waals surface area contributed by atoms with E-state index in [0.29, 0.717) is 24.4 Å². The van der Waals surface area contributed by atoms with Gasteiger partial charge in [-0.1, -0.05) is 12.2 Å². The van der Waals surface area contributed by atoms with Crippen molar-refractivity contribution in [2.45, 2.75) is 32.8 Å². The molecule has 1 N–H and O–H groups in total. The third-order valence-corrected chi connectivity index (χ3v) is 2.55. The van der Waals surface area contributed by atoms with Crippen LogP contribution in [0.4, 0.5) is 10.5 Å². The highest BCUT2D eigenvalue weighted by Gasteiger charge is 2.15. The minimum atomic E-state index is -0.540. The smallest absolute Gasteiger partial charge is 0.407 e. The summed E-state index contributed by atoms with van der Waals surface area (Å²) < 4.78 is 10.2. The van der Waals surface area contributed by atoms with Gasteiger partial charge in [0.15, 0.2) is 0 Å². The van der Waals surface area contributed by atoms with Crippen molar-refractivity contribution in [3.8, 4) is 5.88 Å². The third kappa shape index (κ3) is 6.77. The average Bonchev–Trinajstić information content (AvgIpc) is 2.44. The number of hydrogen-bond donors (Lipinski definition) is 1. The molecule has 23 heavy (non-hydrogen) atoms. The van der Waals surface area contributed by atoms with Crippen molar-refractivity contribution >= 4 is 17.9 Å². The fraction of sp³-hybridized carbons (Fsp3) is 0.467. The quantitative estimate of drug-likeness (QED) is 0.490. The Morgan fingerprint density at radius 1 is 1.48 bits per heavy atom. The summed E-state index contributed by atoms with van der Waals surface area (Å²) in [5.41, 5.74) is -0.154. The Bertz CT molecular complexity index is 593. The molecular formula is C15H21N3O5. The molecule has 8 nitrogen and oxygen atoms in total. The van der Waals surface area contributed by atoms with Gasteiger partial charge < -0.3 is 14.8 Å². The van der Waals surface area contributed by atoms with Crippen LogP contribution in [0.1, 0.15) is 32.8 Å². The molecule has 126 valence electrons. The normalized spacial score (nSPS) is 11.3. The lowest BCUT2D eigenvalue weighted by Crippen LogP contribution is -2.32. The first-order valence-corrected chi connectivity index (χ1v) is 7.05. The van der Waals surface area contributed by atoms with E-state index >= 15 is 0 Å². The highest BCUT2D eigenvalue weighted by atomic mass is 16.6. The van der Waals surface area contributed by atoms with Gasteiger partial charge in [-0.05, 0) is 27.2 Å². The number of nitro groups is 1. The Kier molecular flexibility index (Phi) is 6.49. The number of carbonyl (C=O) groups excluding carboxylic acids is 1. The number of hydrogen-bond acceptors (Lipinski definition) is 6. The second-order valence-corrected chi connectivity index (χ2v) is 5.67. The van der Waals surface area contributed by atoms with E-state index in [-0.39, 0.29) is 5.69 Å². The van der Waals surface area contributed by atoms with Gasteiger partial charge in [-0.2, -0.15) is 0 Å². The van der Waals surface area contributed by atoms with E-state index in [9.17, 15) is 14.9 Å². The fourth-order valence-electron chi connectivity index (χ4n) is 1.63.